The Morgan fingerprint density at radius 2 is 1.93 bits per heavy atom. The summed E-state index contributed by atoms with van der Waals surface area (Å²) in [6, 6.07) is 14.5. The van der Waals surface area contributed by atoms with Gasteiger partial charge in [-0.05, 0) is 53.8 Å². The van der Waals surface area contributed by atoms with Crippen LogP contribution in [0.5, 0.6) is 0 Å². The molecule has 0 fully saturated rings. The standard InChI is InChI=1S/C21H16BrN3O4S/c1-13-10-15(7-8-17(13)22)23-20(26)18(24-21(27)19-6-3-9-30-19)12-14-4-2-5-16(11-14)25(28)29/h2-12H,1H3,(H,23,26)(H,24,27). The molecule has 3 aromatic rings. The van der Waals surface area contributed by atoms with Gasteiger partial charge in [-0.25, -0.2) is 0 Å². The summed E-state index contributed by atoms with van der Waals surface area (Å²) >= 11 is 4.65. The third-order valence-electron chi connectivity index (χ3n) is 4.05. The number of anilines is 1. The molecule has 7 nitrogen and oxygen atoms in total. The molecule has 152 valence electrons. The number of benzene rings is 2. The topological polar surface area (TPSA) is 101 Å². The summed E-state index contributed by atoms with van der Waals surface area (Å²) in [4.78, 5) is 36.4. The van der Waals surface area contributed by atoms with Crippen LogP contribution in [0, 0.1) is 17.0 Å². The fourth-order valence-electron chi connectivity index (χ4n) is 2.57. The van der Waals surface area contributed by atoms with Crippen LogP contribution >= 0.6 is 27.3 Å². The quantitative estimate of drug-likeness (QED) is 0.286. The van der Waals surface area contributed by atoms with Gasteiger partial charge in [0, 0.05) is 22.3 Å². The maximum atomic E-state index is 12.9. The number of halogens is 1. The third kappa shape index (κ3) is 5.40. The molecule has 0 aliphatic carbocycles. The largest absolute Gasteiger partial charge is 0.321 e. The number of hydrogen-bond acceptors (Lipinski definition) is 5. The van der Waals surface area contributed by atoms with Gasteiger partial charge in [-0.2, -0.15) is 0 Å². The molecule has 0 saturated heterocycles. The van der Waals surface area contributed by atoms with Crippen LogP contribution in [-0.4, -0.2) is 16.7 Å². The van der Waals surface area contributed by atoms with E-state index in [0.29, 0.717) is 16.1 Å². The number of amides is 2. The molecule has 1 heterocycles. The zero-order valence-electron chi connectivity index (χ0n) is 15.7. The van der Waals surface area contributed by atoms with Gasteiger partial charge in [-0.1, -0.05) is 34.1 Å². The Kier molecular flexibility index (Phi) is 6.76. The van der Waals surface area contributed by atoms with Crippen LogP contribution in [0.25, 0.3) is 6.08 Å². The zero-order valence-corrected chi connectivity index (χ0v) is 18.1. The molecule has 2 aromatic carbocycles. The van der Waals surface area contributed by atoms with Gasteiger partial charge in [0.2, 0.25) is 0 Å². The summed E-state index contributed by atoms with van der Waals surface area (Å²) in [5.41, 5.74) is 1.74. The molecule has 30 heavy (non-hydrogen) atoms. The Labute approximate surface area is 184 Å². The van der Waals surface area contributed by atoms with Gasteiger partial charge in [0.1, 0.15) is 5.70 Å². The first-order chi connectivity index (χ1) is 14.3. The van der Waals surface area contributed by atoms with Crippen molar-refractivity contribution in [1.29, 1.82) is 0 Å². The van der Waals surface area contributed by atoms with E-state index in [-0.39, 0.29) is 11.4 Å². The van der Waals surface area contributed by atoms with Crippen molar-refractivity contribution in [3.63, 3.8) is 0 Å². The molecule has 0 atom stereocenters. The van der Waals surface area contributed by atoms with Crippen LogP contribution in [0.4, 0.5) is 11.4 Å². The van der Waals surface area contributed by atoms with E-state index >= 15 is 0 Å². The van der Waals surface area contributed by atoms with Crippen molar-refractivity contribution in [3.05, 3.63) is 96.3 Å². The number of thiophene rings is 1. The molecule has 0 aliphatic rings. The van der Waals surface area contributed by atoms with E-state index in [0.717, 1.165) is 10.0 Å². The van der Waals surface area contributed by atoms with Crippen molar-refractivity contribution < 1.29 is 14.5 Å². The molecule has 2 N–H and O–H groups in total. The summed E-state index contributed by atoms with van der Waals surface area (Å²) in [5.74, 6) is -0.989. The summed E-state index contributed by atoms with van der Waals surface area (Å²) in [6.45, 7) is 1.89. The van der Waals surface area contributed by atoms with Gasteiger partial charge in [0.05, 0.1) is 9.80 Å². The number of nitro groups is 1. The molecular weight excluding hydrogens is 470 g/mol. The molecule has 0 aliphatic heterocycles. The molecule has 3 rings (SSSR count). The Bertz CT molecular complexity index is 1140. The molecule has 0 spiro atoms. The lowest BCUT2D eigenvalue weighted by molar-refractivity contribution is -0.384. The van der Waals surface area contributed by atoms with E-state index in [2.05, 4.69) is 26.6 Å². The van der Waals surface area contributed by atoms with E-state index in [1.54, 1.807) is 41.8 Å². The van der Waals surface area contributed by atoms with Gasteiger partial charge in [-0.3, -0.25) is 19.7 Å². The normalized spacial score (nSPS) is 11.1. The van der Waals surface area contributed by atoms with Gasteiger partial charge in [0.25, 0.3) is 17.5 Å². The number of non-ortho nitro benzene ring substituents is 1. The Morgan fingerprint density at radius 3 is 2.60 bits per heavy atom. The van der Waals surface area contributed by atoms with Crippen molar-refractivity contribution in [2.24, 2.45) is 0 Å². The van der Waals surface area contributed by atoms with Crippen molar-refractivity contribution in [1.82, 2.24) is 5.32 Å². The van der Waals surface area contributed by atoms with Crippen LogP contribution in [-0.2, 0) is 4.79 Å². The van der Waals surface area contributed by atoms with Crippen LogP contribution < -0.4 is 10.6 Å². The second kappa shape index (κ2) is 9.47. The first-order valence-corrected chi connectivity index (χ1v) is 10.4. The monoisotopic (exact) mass is 485 g/mol. The minimum atomic E-state index is -0.548. The van der Waals surface area contributed by atoms with E-state index in [1.807, 2.05) is 6.92 Å². The average molecular weight is 486 g/mol. The number of carbonyl (C=O) groups is 2. The summed E-state index contributed by atoms with van der Waals surface area (Å²) in [6.07, 6.45) is 1.40. The molecule has 0 radical (unpaired) electrons. The highest BCUT2D eigenvalue weighted by Gasteiger charge is 2.16. The highest BCUT2D eigenvalue weighted by atomic mass is 79.9. The lowest BCUT2D eigenvalue weighted by atomic mass is 10.1. The number of hydrogen-bond donors (Lipinski definition) is 2. The van der Waals surface area contributed by atoms with Gasteiger partial charge in [-0.15, -0.1) is 11.3 Å². The van der Waals surface area contributed by atoms with Crippen molar-refractivity contribution in [2.75, 3.05) is 5.32 Å². The first-order valence-electron chi connectivity index (χ1n) is 8.72. The fraction of sp³-hybridized carbons (Fsp3) is 0.0476. The smallest absolute Gasteiger partial charge is 0.272 e. The van der Waals surface area contributed by atoms with Crippen molar-refractivity contribution >= 4 is 56.5 Å². The number of carbonyl (C=O) groups excluding carboxylic acids is 2. The predicted molar refractivity (Wildman–Crippen MR) is 120 cm³/mol. The number of rotatable bonds is 6. The van der Waals surface area contributed by atoms with E-state index in [1.165, 1.54) is 35.6 Å². The Hall–Kier alpha value is -3.30. The summed E-state index contributed by atoms with van der Waals surface area (Å²) in [5, 5.41) is 18.1. The highest BCUT2D eigenvalue weighted by molar-refractivity contribution is 9.10. The van der Waals surface area contributed by atoms with E-state index < -0.39 is 16.7 Å². The SMILES string of the molecule is Cc1cc(NC(=O)C(=Cc2cccc([N+](=O)[O-])c2)NC(=O)c2cccs2)ccc1Br. The molecule has 0 bridgehead atoms. The Balaban J connectivity index is 1.92. The molecule has 0 unspecified atom stereocenters. The lowest BCUT2D eigenvalue weighted by Crippen LogP contribution is -2.30. The molecule has 2 amide bonds. The minimum absolute atomic E-state index is 0.0329. The number of nitrogens with zero attached hydrogens (tertiary/aromatic N) is 1. The maximum Gasteiger partial charge on any atom is 0.272 e. The van der Waals surface area contributed by atoms with Gasteiger partial charge < -0.3 is 10.6 Å². The second-order valence-corrected chi connectivity index (χ2v) is 8.06. The average Bonchev–Trinajstić information content (AvgIpc) is 3.25. The van der Waals surface area contributed by atoms with E-state index in [9.17, 15) is 19.7 Å². The second-order valence-electron chi connectivity index (χ2n) is 6.26. The summed E-state index contributed by atoms with van der Waals surface area (Å²) < 4.78 is 0.902. The van der Waals surface area contributed by atoms with Crippen LogP contribution in [0.2, 0.25) is 0 Å². The molecule has 9 heteroatoms. The van der Waals surface area contributed by atoms with Crippen LogP contribution in [0.15, 0.2) is 70.1 Å². The van der Waals surface area contributed by atoms with Crippen molar-refractivity contribution in [3.8, 4) is 0 Å². The first kappa shape index (κ1) is 21.4. The highest BCUT2D eigenvalue weighted by Crippen LogP contribution is 2.21. The number of nitrogens with one attached hydrogen (secondary N) is 2. The zero-order chi connectivity index (χ0) is 21.7. The molecular formula is C21H16BrN3O4S. The van der Waals surface area contributed by atoms with Crippen LogP contribution in [0.1, 0.15) is 20.8 Å². The van der Waals surface area contributed by atoms with Crippen LogP contribution in [0.3, 0.4) is 0 Å². The maximum absolute atomic E-state index is 12.9. The third-order valence-corrected chi connectivity index (χ3v) is 5.80. The number of nitro benzene ring substituents is 1. The summed E-state index contributed by atoms with van der Waals surface area (Å²) in [7, 11) is 0. The number of aryl methyl sites for hydroxylation is 1. The minimum Gasteiger partial charge on any atom is -0.321 e. The Morgan fingerprint density at radius 1 is 1.13 bits per heavy atom. The van der Waals surface area contributed by atoms with E-state index in [4.69, 9.17) is 0 Å². The predicted octanol–water partition coefficient (Wildman–Crippen LogP) is 5.14. The molecule has 1 aromatic heterocycles. The van der Waals surface area contributed by atoms with Crippen molar-refractivity contribution in [2.45, 2.75) is 6.92 Å². The van der Waals surface area contributed by atoms with Gasteiger partial charge in [0.15, 0.2) is 0 Å². The fourth-order valence-corrected chi connectivity index (χ4v) is 3.43. The lowest BCUT2D eigenvalue weighted by Gasteiger charge is -2.11. The molecule has 0 saturated carbocycles. The van der Waals surface area contributed by atoms with Gasteiger partial charge >= 0.3 is 0 Å².